The predicted octanol–water partition coefficient (Wildman–Crippen LogP) is 4.82. The average Bonchev–Trinajstić information content (AvgIpc) is 3.13. The van der Waals surface area contributed by atoms with Crippen molar-refractivity contribution in [2.24, 2.45) is 0 Å². The Hall–Kier alpha value is -1.25. The van der Waals surface area contributed by atoms with E-state index in [1.807, 2.05) is 18.3 Å². The third kappa shape index (κ3) is 4.66. The molecule has 0 saturated carbocycles. The van der Waals surface area contributed by atoms with Gasteiger partial charge in [0.15, 0.2) is 0 Å². The van der Waals surface area contributed by atoms with E-state index in [2.05, 4.69) is 55.2 Å². The lowest BCUT2D eigenvalue weighted by atomic mass is 10.2. The van der Waals surface area contributed by atoms with Crippen molar-refractivity contribution in [3.63, 3.8) is 0 Å². The van der Waals surface area contributed by atoms with Gasteiger partial charge < -0.3 is 15.1 Å². The van der Waals surface area contributed by atoms with Crippen molar-refractivity contribution in [2.75, 3.05) is 51.6 Å². The lowest BCUT2D eigenvalue weighted by Crippen LogP contribution is -2.44. The highest BCUT2D eigenvalue weighted by atomic mass is 79.9. The number of aromatic nitrogens is 2. The van der Waals surface area contributed by atoms with Crippen LogP contribution in [-0.2, 0) is 0 Å². The molecule has 0 spiro atoms. The number of hydrogen-bond donors (Lipinski definition) is 1. The number of benzene rings is 1. The molecular formula is C20H23BrClN5S. The van der Waals surface area contributed by atoms with E-state index in [0.29, 0.717) is 5.95 Å². The Kier molecular flexibility index (Phi) is 6.48. The zero-order valence-electron chi connectivity index (χ0n) is 15.8. The van der Waals surface area contributed by atoms with Gasteiger partial charge in [0.05, 0.1) is 19.1 Å². The van der Waals surface area contributed by atoms with Crippen LogP contribution in [0.3, 0.4) is 0 Å². The largest absolute Gasteiger partial charge is 0.354 e. The second kappa shape index (κ2) is 9.05. The van der Waals surface area contributed by atoms with Gasteiger partial charge in [0.25, 0.3) is 0 Å². The van der Waals surface area contributed by atoms with Gasteiger partial charge in [0.1, 0.15) is 5.69 Å². The highest BCUT2D eigenvalue weighted by molar-refractivity contribution is 9.10. The van der Waals surface area contributed by atoms with Crippen molar-refractivity contribution in [3.8, 4) is 10.6 Å². The smallest absolute Gasteiger partial charge is 0.223 e. The molecule has 1 N–H and O–H groups in total. The van der Waals surface area contributed by atoms with Gasteiger partial charge in [-0.3, -0.25) is 0 Å². The Labute approximate surface area is 182 Å². The molecule has 3 aromatic rings. The van der Waals surface area contributed by atoms with Crippen molar-refractivity contribution in [1.82, 2.24) is 19.8 Å². The standard InChI is InChI=1S/C20H23BrClN5S/c1-26-8-10-27(11-9-26)7-3-6-23-20-24-13-15(21)18(25-20)17-12-14-4-2-5-16(22)19(14)28-17/h2,4-5,12-13H,3,6-11H2,1H3,(H,23,24,25). The van der Waals surface area contributed by atoms with Crippen molar-refractivity contribution >= 4 is 54.9 Å². The van der Waals surface area contributed by atoms with Crippen LogP contribution in [0.25, 0.3) is 20.7 Å². The molecule has 0 amide bonds. The molecule has 0 atom stereocenters. The van der Waals surface area contributed by atoms with E-state index in [9.17, 15) is 0 Å². The number of likely N-dealkylation sites (N-methyl/N-ethyl adjacent to an activating group) is 1. The summed E-state index contributed by atoms with van der Waals surface area (Å²) in [5.41, 5.74) is 0.897. The number of piperazine rings is 1. The van der Waals surface area contributed by atoms with Crippen LogP contribution >= 0.6 is 38.9 Å². The van der Waals surface area contributed by atoms with Gasteiger partial charge in [-0.1, -0.05) is 23.7 Å². The fraction of sp³-hybridized carbons (Fsp3) is 0.400. The average molecular weight is 481 g/mol. The summed E-state index contributed by atoms with van der Waals surface area (Å²) in [7, 11) is 2.19. The first kappa shape index (κ1) is 20.0. The Balaban J connectivity index is 1.40. The quantitative estimate of drug-likeness (QED) is 0.512. The van der Waals surface area contributed by atoms with Crippen LogP contribution in [0.2, 0.25) is 5.02 Å². The second-order valence-corrected chi connectivity index (χ2v) is 9.40. The van der Waals surface area contributed by atoms with E-state index in [4.69, 9.17) is 16.6 Å². The molecule has 4 rings (SSSR count). The zero-order chi connectivity index (χ0) is 19.5. The van der Waals surface area contributed by atoms with Gasteiger partial charge in [0, 0.05) is 38.9 Å². The highest BCUT2D eigenvalue weighted by Crippen LogP contribution is 2.39. The van der Waals surface area contributed by atoms with Crippen molar-refractivity contribution in [1.29, 1.82) is 0 Å². The van der Waals surface area contributed by atoms with E-state index >= 15 is 0 Å². The number of nitrogens with one attached hydrogen (secondary N) is 1. The first-order valence-corrected chi connectivity index (χ1v) is 11.4. The van der Waals surface area contributed by atoms with Crippen LogP contribution in [0.5, 0.6) is 0 Å². The molecule has 8 heteroatoms. The molecule has 5 nitrogen and oxygen atoms in total. The minimum atomic E-state index is 0.667. The summed E-state index contributed by atoms with van der Waals surface area (Å²) in [5, 5.41) is 5.29. The number of nitrogens with zero attached hydrogens (tertiary/aromatic N) is 4. The van der Waals surface area contributed by atoms with Crippen molar-refractivity contribution in [3.05, 3.63) is 40.0 Å². The van der Waals surface area contributed by atoms with E-state index in [1.54, 1.807) is 11.3 Å². The molecule has 0 aliphatic carbocycles. The van der Waals surface area contributed by atoms with Crippen LogP contribution in [0, 0.1) is 0 Å². The van der Waals surface area contributed by atoms with E-state index in [1.165, 1.54) is 0 Å². The topological polar surface area (TPSA) is 44.3 Å². The number of rotatable bonds is 6. The molecule has 1 aliphatic rings. The molecule has 1 saturated heterocycles. The third-order valence-electron chi connectivity index (χ3n) is 5.00. The van der Waals surface area contributed by atoms with Crippen molar-refractivity contribution < 1.29 is 0 Å². The second-order valence-electron chi connectivity index (χ2n) is 7.08. The summed E-state index contributed by atoms with van der Waals surface area (Å²) in [5.74, 6) is 0.667. The molecule has 1 fully saturated rings. The maximum Gasteiger partial charge on any atom is 0.223 e. The lowest BCUT2D eigenvalue weighted by molar-refractivity contribution is 0.154. The molecule has 1 aliphatic heterocycles. The normalized spacial score (nSPS) is 16.0. The molecule has 0 bridgehead atoms. The Morgan fingerprint density at radius 3 is 2.86 bits per heavy atom. The molecule has 0 radical (unpaired) electrons. The first-order valence-electron chi connectivity index (χ1n) is 9.46. The fourth-order valence-corrected chi connectivity index (χ4v) is 5.25. The summed E-state index contributed by atoms with van der Waals surface area (Å²) in [4.78, 5) is 15.1. The summed E-state index contributed by atoms with van der Waals surface area (Å²) in [6.07, 6.45) is 2.90. The molecule has 28 heavy (non-hydrogen) atoms. The molecule has 148 valence electrons. The van der Waals surface area contributed by atoms with Gasteiger partial charge >= 0.3 is 0 Å². The maximum absolute atomic E-state index is 6.33. The summed E-state index contributed by atoms with van der Waals surface area (Å²) in [6, 6.07) is 8.11. The summed E-state index contributed by atoms with van der Waals surface area (Å²) in [6.45, 7) is 6.61. The molecule has 3 heterocycles. The molecular weight excluding hydrogens is 458 g/mol. The van der Waals surface area contributed by atoms with Crippen LogP contribution in [-0.4, -0.2) is 66.1 Å². The third-order valence-corrected chi connectivity index (χ3v) is 7.20. The number of thiophene rings is 1. The predicted molar refractivity (Wildman–Crippen MR) is 123 cm³/mol. The number of hydrogen-bond acceptors (Lipinski definition) is 6. The molecule has 1 aromatic carbocycles. The minimum Gasteiger partial charge on any atom is -0.354 e. The summed E-state index contributed by atoms with van der Waals surface area (Å²) < 4.78 is 1.98. The van der Waals surface area contributed by atoms with E-state index in [0.717, 1.165) is 75.8 Å². The Bertz CT molecular complexity index is 955. The van der Waals surface area contributed by atoms with Crippen LogP contribution in [0.1, 0.15) is 6.42 Å². The number of fused-ring (bicyclic) bond motifs is 1. The zero-order valence-corrected chi connectivity index (χ0v) is 18.9. The first-order chi connectivity index (χ1) is 13.6. The fourth-order valence-electron chi connectivity index (χ4n) is 3.34. The van der Waals surface area contributed by atoms with E-state index in [-0.39, 0.29) is 0 Å². The van der Waals surface area contributed by atoms with Crippen molar-refractivity contribution in [2.45, 2.75) is 6.42 Å². The highest BCUT2D eigenvalue weighted by Gasteiger charge is 2.14. The molecule has 2 aromatic heterocycles. The van der Waals surface area contributed by atoms with Gasteiger partial charge in [0.2, 0.25) is 5.95 Å². The number of halogens is 2. The van der Waals surface area contributed by atoms with Crippen LogP contribution in [0.15, 0.2) is 34.9 Å². The van der Waals surface area contributed by atoms with E-state index < -0.39 is 0 Å². The monoisotopic (exact) mass is 479 g/mol. The van der Waals surface area contributed by atoms with Gasteiger partial charge in [-0.2, -0.15) is 0 Å². The van der Waals surface area contributed by atoms with Crippen LogP contribution in [0.4, 0.5) is 5.95 Å². The van der Waals surface area contributed by atoms with Gasteiger partial charge in [-0.25, -0.2) is 9.97 Å². The van der Waals surface area contributed by atoms with Crippen LogP contribution < -0.4 is 5.32 Å². The Morgan fingerprint density at radius 1 is 1.25 bits per heavy atom. The Morgan fingerprint density at radius 2 is 2.07 bits per heavy atom. The molecule has 0 unspecified atom stereocenters. The van der Waals surface area contributed by atoms with Gasteiger partial charge in [-0.15, -0.1) is 11.3 Å². The SMILES string of the molecule is CN1CCN(CCCNc2ncc(Br)c(-c3cc4cccc(Cl)c4s3)n2)CC1. The maximum atomic E-state index is 6.33. The number of anilines is 1. The van der Waals surface area contributed by atoms with Gasteiger partial charge in [-0.05, 0) is 53.5 Å². The minimum absolute atomic E-state index is 0.667. The summed E-state index contributed by atoms with van der Waals surface area (Å²) >= 11 is 11.6. The lowest BCUT2D eigenvalue weighted by Gasteiger charge is -2.32.